The van der Waals surface area contributed by atoms with Gasteiger partial charge in [-0.15, -0.1) is 12.4 Å². The highest BCUT2D eigenvalue weighted by molar-refractivity contribution is 7.81. The standard InChI is InChI=1S/C28H31ClFN7OS.ClH/c29-22-14-21(17-33-24(22)16-31)36-26(38)28(6-1-7-28)37(27(36)39)20-2-3-25(23(30)15-20)35-10-4-19(5-11-35)18-34-12-8-32-9-13-34;/h2-3,14-15,17,19,32H,1,4-13,18H2;1H. The molecule has 3 saturated heterocycles. The van der Waals surface area contributed by atoms with Gasteiger partial charge in [-0.05, 0) is 74.5 Å². The molecule has 12 heteroatoms. The van der Waals surface area contributed by atoms with Crippen molar-refractivity contribution in [2.75, 3.05) is 60.5 Å². The normalized spacial score (nSPS) is 21.4. The SMILES string of the molecule is Cl.N#Cc1ncc(N2C(=O)C3(CCC3)N(c3ccc(N4CCC(CN5CCNCC5)CC4)c(F)c3)C2=S)cc1Cl. The molecule has 4 fully saturated rings. The van der Waals surface area contributed by atoms with Crippen molar-refractivity contribution in [1.29, 1.82) is 5.26 Å². The van der Waals surface area contributed by atoms with Gasteiger partial charge in [0.1, 0.15) is 17.4 Å². The van der Waals surface area contributed by atoms with Crippen molar-refractivity contribution in [3.63, 3.8) is 0 Å². The first-order valence-electron chi connectivity index (χ1n) is 13.6. The van der Waals surface area contributed by atoms with E-state index in [0.717, 1.165) is 65.1 Å². The number of amides is 1. The van der Waals surface area contributed by atoms with Gasteiger partial charge in [-0.3, -0.25) is 9.69 Å². The molecule has 1 aromatic carbocycles. The Morgan fingerprint density at radius 1 is 1.15 bits per heavy atom. The number of thiocarbonyl (C=S) groups is 1. The Bertz CT molecular complexity index is 1340. The summed E-state index contributed by atoms with van der Waals surface area (Å²) in [6, 6.07) is 8.66. The van der Waals surface area contributed by atoms with E-state index in [2.05, 4.69) is 20.1 Å². The summed E-state index contributed by atoms with van der Waals surface area (Å²) in [6.45, 7) is 7.10. The molecule has 8 nitrogen and oxygen atoms in total. The molecule has 3 aliphatic heterocycles. The topological polar surface area (TPSA) is 78.7 Å². The van der Waals surface area contributed by atoms with Gasteiger partial charge in [-0.1, -0.05) is 11.6 Å². The van der Waals surface area contributed by atoms with Crippen LogP contribution in [0.5, 0.6) is 0 Å². The van der Waals surface area contributed by atoms with Crippen molar-refractivity contribution in [3.8, 4) is 6.07 Å². The average Bonchev–Trinajstić information content (AvgIpc) is 3.16. The highest BCUT2D eigenvalue weighted by Gasteiger charge is 2.59. The van der Waals surface area contributed by atoms with Gasteiger partial charge in [0.05, 0.1) is 22.6 Å². The second-order valence-corrected chi connectivity index (χ2v) is 11.7. The maximum absolute atomic E-state index is 15.6. The zero-order chi connectivity index (χ0) is 27.1. The van der Waals surface area contributed by atoms with Gasteiger partial charge in [0.2, 0.25) is 0 Å². The van der Waals surface area contributed by atoms with Crippen LogP contribution in [0.15, 0.2) is 30.5 Å². The quantitative estimate of drug-likeness (QED) is 0.505. The molecule has 1 saturated carbocycles. The molecule has 0 bridgehead atoms. The minimum Gasteiger partial charge on any atom is -0.369 e. The van der Waals surface area contributed by atoms with Gasteiger partial charge in [0.25, 0.3) is 5.91 Å². The van der Waals surface area contributed by atoms with Crippen LogP contribution in [0.25, 0.3) is 0 Å². The number of anilines is 3. The number of piperidine rings is 1. The highest BCUT2D eigenvalue weighted by atomic mass is 35.5. The first-order chi connectivity index (χ1) is 18.9. The van der Waals surface area contributed by atoms with Crippen LogP contribution in [-0.4, -0.2) is 72.3 Å². The second-order valence-electron chi connectivity index (χ2n) is 10.9. The molecular formula is C28H32Cl2FN7OS. The van der Waals surface area contributed by atoms with E-state index in [1.54, 1.807) is 4.90 Å². The summed E-state index contributed by atoms with van der Waals surface area (Å²) < 4.78 is 15.6. The number of halogens is 3. The number of pyridine rings is 1. The third kappa shape index (κ3) is 5.03. The minimum atomic E-state index is -0.840. The largest absolute Gasteiger partial charge is 0.369 e. The molecule has 1 spiro atoms. The van der Waals surface area contributed by atoms with Crippen LogP contribution in [0.4, 0.5) is 21.5 Å². The van der Waals surface area contributed by atoms with Crippen molar-refractivity contribution >= 4 is 64.3 Å². The van der Waals surface area contributed by atoms with Gasteiger partial charge in [0, 0.05) is 51.5 Å². The Labute approximate surface area is 250 Å². The number of nitriles is 1. The molecule has 0 atom stereocenters. The number of carbonyl (C=O) groups excluding carboxylic acids is 1. The first-order valence-corrected chi connectivity index (χ1v) is 14.4. The highest BCUT2D eigenvalue weighted by Crippen LogP contribution is 2.48. The number of nitrogens with zero attached hydrogens (tertiary/aromatic N) is 6. The lowest BCUT2D eigenvalue weighted by Crippen LogP contribution is -2.55. The number of piperazine rings is 1. The van der Waals surface area contributed by atoms with E-state index in [0.29, 0.717) is 35.8 Å². The van der Waals surface area contributed by atoms with Gasteiger partial charge >= 0.3 is 0 Å². The minimum absolute atomic E-state index is 0. The molecular weight excluding hydrogens is 572 g/mol. The average molecular weight is 605 g/mol. The number of benzene rings is 1. The summed E-state index contributed by atoms with van der Waals surface area (Å²) >= 11 is 12.0. The molecule has 1 aliphatic carbocycles. The Hall–Kier alpha value is -2.55. The molecule has 1 N–H and O–H groups in total. The zero-order valence-electron chi connectivity index (χ0n) is 22.1. The lowest BCUT2D eigenvalue weighted by molar-refractivity contribution is -0.123. The molecule has 2 aromatic rings. The van der Waals surface area contributed by atoms with Crippen LogP contribution in [0.3, 0.4) is 0 Å². The fourth-order valence-electron chi connectivity index (χ4n) is 6.35. The smallest absolute Gasteiger partial charge is 0.259 e. The summed E-state index contributed by atoms with van der Waals surface area (Å²) in [6.07, 6.45) is 5.67. The monoisotopic (exact) mass is 603 g/mol. The maximum Gasteiger partial charge on any atom is 0.259 e. The van der Waals surface area contributed by atoms with Crippen LogP contribution in [-0.2, 0) is 4.79 Å². The number of carbonyl (C=O) groups is 1. The van der Waals surface area contributed by atoms with Gasteiger partial charge in [0.15, 0.2) is 10.8 Å². The summed E-state index contributed by atoms with van der Waals surface area (Å²) in [5.41, 5.74) is 0.812. The molecule has 212 valence electrons. The fourth-order valence-corrected chi connectivity index (χ4v) is 7.02. The number of nitrogens with one attached hydrogen (secondary N) is 1. The predicted molar refractivity (Wildman–Crippen MR) is 161 cm³/mol. The van der Waals surface area contributed by atoms with Crippen LogP contribution < -0.4 is 20.0 Å². The van der Waals surface area contributed by atoms with E-state index in [-0.39, 0.29) is 40.0 Å². The molecule has 4 aliphatic rings. The van der Waals surface area contributed by atoms with Crippen molar-refractivity contribution in [2.45, 2.75) is 37.6 Å². The Balaban J connectivity index is 0.00000323. The van der Waals surface area contributed by atoms with E-state index in [9.17, 15) is 4.79 Å². The molecule has 6 rings (SSSR count). The molecule has 1 amide bonds. The van der Waals surface area contributed by atoms with E-state index < -0.39 is 5.54 Å². The van der Waals surface area contributed by atoms with E-state index in [4.69, 9.17) is 29.1 Å². The molecule has 40 heavy (non-hydrogen) atoms. The van der Waals surface area contributed by atoms with Crippen LogP contribution in [0.1, 0.15) is 37.8 Å². The summed E-state index contributed by atoms with van der Waals surface area (Å²) in [5, 5.41) is 13.0. The van der Waals surface area contributed by atoms with E-state index in [1.165, 1.54) is 23.2 Å². The van der Waals surface area contributed by atoms with E-state index in [1.807, 2.05) is 18.2 Å². The number of hydrogen-bond acceptors (Lipinski definition) is 7. The van der Waals surface area contributed by atoms with Crippen LogP contribution in [0.2, 0.25) is 5.02 Å². The predicted octanol–water partition coefficient (Wildman–Crippen LogP) is 4.35. The molecule has 1 aromatic heterocycles. The number of aromatic nitrogens is 1. The maximum atomic E-state index is 15.6. The first kappa shape index (κ1) is 29.0. The molecule has 0 radical (unpaired) electrons. The van der Waals surface area contributed by atoms with Crippen LogP contribution >= 0.6 is 36.2 Å². The van der Waals surface area contributed by atoms with Gasteiger partial charge in [-0.2, -0.15) is 5.26 Å². The number of rotatable bonds is 5. The fraction of sp³-hybridized carbons (Fsp3) is 0.500. The van der Waals surface area contributed by atoms with Gasteiger partial charge in [-0.25, -0.2) is 9.37 Å². The Kier molecular flexibility index (Phi) is 8.50. The van der Waals surface area contributed by atoms with Crippen molar-refractivity contribution < 1.29 is 9.18 Å². The lowest BCUT2D eigenvalue weighted by Gasteiger charge is -2.43. The third-order valence-electron chi connectivity index (χ3n) is 8.65. The molecule has 4 heterocycles. The van der Waals surface area contributed by atoms with Crippen molar-refractivity contribution in [3.05, 3.63) is 47.0 Å². The van der Waals surface area contributed by atoms with Crippen molar-refractivity contribution in [1.82, 2.24) is 15.2 Å². The summed E-state index contributed by atoms with van der Waals surface area (Å²) in [4.78, 5) is 25.7. The zero-order valence-corrected chi connectivity index (χ0v) is 24.5. The van der Waals surface area contributed by atoms with Crippen LogP contribution in [0, 0.1) is 23.1 Å². The molecule has 0 unspecified atom stereocenters. The second kappa shape index (κ2) is 11.7. The number of hydrogen-bond donors (Lipinski definition) is 1. The summed E-state index contributed by atoms with van der Waals surface area (Å²) in [7, 11) is 0. The lowest BCUT2D eigenvalue weighted by atomic mass is 9.75. The third-order valence-corrected chi connectivity index (χ3v) is 9.31. The Morgan fingerprint density at radius 3 is 2.48 bits per heavy atom. The van der Waals surface area contributed by atoms with Crippen molar-refractivity contribution in [2.24, 2.45) is 5.92 Å². The van der Waals surface area contributed by atoms with E-state index >= 15 is 4.39 Å². The summed E-state index contributed by atoms with van der Waals surface area (Å²) in [5.74, 6) is 0.168. The Morgan fingerprint density at radius 2 is 1.88 bits per heavy atom. The van der Waals surface area contributed by atoms with Gasteiger partial charge < -0.3 is 20.0 Å².